The Balaban J connectivity index is 2.17. The first-order valence-electron chi connectivity index (χ1n) is 6.31. The second-order valence-corrected chi connectivity index (χ2v) is 5.80. The van der Waals surface area contributed by atoms with Crippen LogP contribution in [0.4, 0.5) is 5.69 Å². The highest BCUT2D eigenvalue weighted by atomic mass is 35.5. The molecule has 2 atom stereocenters. The third kappa shape index (κ3) is 2.78. The van der Waals surface area contributed by atoms with Crippen molar-refractivity contribution in [2.24, 2.45) is 11.8 Å². The molecule has 0 aromatic heterocycles. The van der Waals surface area contributed by atoms with Crippen molar-refractivity contribution in [3.8, 4) is 0 Å². The first-order chi connectivity index (χ1) is 8.47. The number of carbonyl (C=O) groups excluding carboxylic acids is 1. The number of nitrogens with two attached hydrogens (primary N) is 1. The summed E-state index contributed by atoms with van der Waals surface area (Å²) in [6.45, 7) is 6.02. The third-order valence-corrected chi connectivity index (χ3v) is 3.74. The summed E-state index contributed by atoms with van der Waals surface area (Å²) in [6.07, 6.45) is 1.19. The zero-order chi connectivity index (χ0) is 13.3. The van der Waals surface area contributed by atoms with Crippen molar-refractivity contribution in [2.75, 3.05) is 18.8 Å². The van der Waals surface area contributed by atoms with Crippen LogP contribution in [0.3, 0.4) is 0 Å². The molecule has 0 saturated carbocycles. The Labute approximate surface area is 113 Å². The Kier molecular flexibility index (Phi) is 3.81. The van der Waals surface area contributed by atoms with E-state index in [9.17, 15) is 4.79 Å². The maximum atomic E-state index is 12.4. The summed E-state index contributed by atoms with van der Waals surface area (Å²) in [4.78, 5) is 14.3. The van der Waals surface area contributed by atoms with Crippen molar-refractivity contribution >= 4 is 23.2 Å². The minimum absolute atomic E-state index is 0.0526. The van der Waals surface area contributed by atoms with E-state index in [0.29, 0.717) is 28.1 Å². The van der Waals surface area contributed by atoms with Gasteiger partial charge in [0.05, 0.1) is 10.7 Å². The van der Waals surface area contributed by atoms with Gasteiger partial charge in [0.15, 0.2) is 0 Å². The zero-order valence-electron chi connectivity index (χ0n) is 10.8. The minimum atomic E-state index is 0.0526. The van der Waals surface area contributed by atoms with Crippen molar-refractivity contribution in [1.82, 2.24) is 4.90 Å². The summed E-state index contributed by atoms with van der Waals surface area (Å²) >= 11 is 5.87. The van der Waals surface area contributed by atoms with E-state index in [4.69, 9.17) is 17.3 Å². The average Bonchev–Trinajstić information content (AvgIpc) is 2.30. The summed E-state index contributed by atoms with van der Waals surface area (Å²) in [5.74, 6) is 1.17. The van der Waals surface area contributed by atoms with E-state index in [1.807, 2.05) is 4.90 Å². The van der Waals surface area contributed by atoms with Crippen LogP contribution in [0.1, 0.15) is 30.6 Å². The number of nitrogens with zero attached hydrogens (tertiary/aromatic N) is 1. The topological polar surface area (TPSA) is 46.3 Å². The molecule has 1 aromatic carbocycles. The Bertz CT molecular complexity index is 451. The van der Waals surface area contributed by atoms with Gasteiger partial charge in [0.2, 0.25) is 0 Å². The van der Waals surface area contributed by atoms with Gasteiger partial charge >= 0.3 is 0 Å². The predicted octanol–water partition coefficient (Wildman–Crippen LogP) is 3.04. The monoisotopic (exact) mass is 266 g/mol. The Morgan fingerprint density at radius 1 is 1.33 bits per heavy atom. The average molecular weight is 267 g/mol. The molecule has 0 unspecified atom stereocenters. The standard InChI is InChI=1S/C14H19ClN2O/c1-9-5-10(2)8-17(7-9)14(18)11-3-4-12(15)13(16)6-11/h3-4,6,9-10H,5,7-8,16H2,1-2H3/t9-,10-/m1/s1. The number of hydrogen-bond acceptors (Lipinski definition) is 2. The van der Waals surface area contributed by atoms with E-state index < -0.39 is 0 Å². The Hall–Kier alpha value is -1.22. The number of halogens is 1. The van der Waals surface area contributed by atoms with Crippen molar-refractivity contribution < 1.29 is 4.79 Å². The molecule has 18 heavy (non-hydrogen) atoms. The molecule has 1 saturated heterocycles. The van der Waals surface area contributed by atoms with E-state index in [1.54, 1.807) is 18.2 Å². The number of piperidine rings is 1. The molecule has 1 aliphatic heterocycles. The molecule has 0 bridgehead atoms. The number of likely N-dealkylation sites (tertiary alicyclic amines) is 1. The van der Waals surface area contributed by atoms with Crippen molar-refractivity contribution in [2.45, 2.75) is 20.3 Å². The van der Waals surface area contributed by atoms with Gasteiger partial charge in [0, 0.05) is 18.7 Å². The Morgan fingerprint density at radius 3 is 2.50 bits per heavy atom. The van der Waals surface area contributed by atoms with Crippen LogP contribution >= 0.6 is 11.6 Å². The lowest BCUT2D eigenvalue weighted by atomic mass is 9.91. The molecule has 98 valence electrons. The highest BCUT2D eigenvalue weighted by Gasteiger charge is 2.26. The lowest BCUT2D eigenvalue weighted by Gasteiger charge is -2.35. The molecule has 2 rings (SSSR count). The predicted molar refractivity (Wildman–Crippen MR) is 74.7 cm³/mol. The van der Waals surface area contributed by atoms with Crippen LogP contribution < -0.4 is 5.73 Å². The lowest BCUT2D eigenvalue weighted by molar-refractivity contribution is 0.0623. The molecular formula is C14H19ClN2O. The van der Waals surface area contributed by atoms with Gasteiger partial charge in [0.25, 0.3) is 5.91 Å². The molecule has 2 N–H and O–H groups in total. The molecule has 3 nitrogen and oxygen atoms in total. The molecule has 4 heteroatoms. The number of hydrogen-bond donors (Lipinski definition) is 1. The largest absolute Gasteiger partial charge is 0.398 e. The van der Waals surface area contributed by atoms with E-state index in [2.05, 4.69) is 13.8 Å². The van der Waals surface area contributed by atoms with Gasteiger partial charge in [-0.1, -0.05) is 25.4 Å². The van der Waals surface area contributed by atoms with Crippen LogP contribution in [-0.2, 0) is 0 Å². The summed E-state index contributed by atoms with van der Waals surface area (Å²) < 4.78 is 0. The molecule has 1 aromatic rings. The van der Waals surface area contributed by atoms with Crippen molar-refractivity contribution in [1.29, 1.82) is 0 Å². The fourth-order valence-corrected chi connectivity index (χ4v) is 2.81. The summed E-state index contributed by atoms with van der Waals surface area (Å²) in [5.41, 5.74) is 6.82. The SMILES string of the molecule is C[C@@H]1C[C@@H](C)CN(C(=O)c2ccc(Cl)c(N)c2)C1. The van der Waals surface area contributed by atoms with E-state index in [0.717, 1.165) is 13.1 Å². The molecule has 1 fully saturated rings. The fraction of sp³-hybridized carbons (Fsp3) is 0.500. The van der Waals surface area contributed by atoms with Crippen LogP contribution in [-0.4, -0.2) is 23.9 Å². The minimum Gasteiger partial charge on any atom is -0.398 e. The van der Waals surface area contributed by atoms with Crippen molar-refractivity contribution in [3.63, 3.8) is 0 Å². The van der Waals surface area contributed by atoms with Gasteiger partial charge in [-0.3, -0.25) is 4.79 Å². The van der Waals surface area contributed by atoms with Gasteiger partial charge < -0.3 is 10.6 Å². The first-order valence-corrected chi connectivity index (χ1v) is 6.69. The lowest BCUT2D eigenvalue weighted by Crippen LogP contribution is -2.42. The number of rotatable bonds is 1. The van der Waals surface area contributed by atoms with Crippen LogP contribution in [0.15, 0.2) is 18.2 Å². The second kappa shape index (κ2) is 5.19. The fourth-order valence-electron chi connectivity index (χ4n) is 2.69. The normalized spacial score (nSPS) is 24.1. The highest BCUT2D eigenvalue weighted by Crippen LogP contribution is 2.24. The van der Waals surface area contributed by atoms with Gasteiger partial charge in [-0.2, -0.15) is 0 Å². The maximum Gasteiger partial charge on any atom is 0.253 e. The molecule has 0 aliphatic carbocycles. The van der Waals surface area contributed by atoms with E-state index in [-0.39, 0.29) is 5.91 Å². The van der Waals surface area contributed by atoms with Gasteiger partial charge in [-0.25, -0.2) is 0 Å². The molecule has 1 amide bonds. The number of amides is 1. The summed E-state index contributed by atoms with van der Waals surface area (Å²) in [5, 5.41) is 0.493. The van der Waals surface area contributed by atoms with Crippen LogP contribution in [0.25, 0.3) is 0 Å². The highest BCUT2D eigenvalue weighted by molar-refractivity contribution is 6.33. The third-order valence-electron chi connectivity index (χ3n) is 3.40. The molecule has 0 spiro atoms. The number of nitrogen functional groups attached to an aromatic ring is 1. The van der Waals surface area contributed by atoms with Crippen LogP contribution in [0, 0.1) is 11.8 Å². The quantitative estimate of drug-likeness (QED) is 0.794. The maximum absolute atomic E-state index is 12.4. The van der Waals surface area contributed by atoms with Gasteiger partial charge in [-0.05, 0) is 36.5 Å². The summed E-state index contributed by atoms with van der Waals surface area (Å²) in [6, 6.07) is 5.08. The van der Waals surface area contributed by atoms with Gasteiger partial charge in [0.1, 0.15) is 0 Å². The first kappa shape index (κ1) is 13.2. The molecule has 1 heterocycles. The number of carbonyl (C=O) groups is 1. The number of anilines is 1. The summed E-state index contributed by atoms with van der Waals surface area (Å²) in [7, 11) is 0. The Morgan fingerprint density at radius 2 is 1.94 bits per heavy atom. The molecular weight excluding hydrogens is 248 g/mol. The second-order valence-electron chi connectivity index (χ2n) is 5.39. The van der Waals surface area contributed by atoms with Crippen molar-refractivity contribution in [3.05, 3.63) is 28.8 Å². The van der Waals surface area contributed by atoms with Crippen LogP contribution in [0.2, 0.25) is 5.02 Å². The molecule has 0 radical (unpaired) electrons. The van der Waals surface area contributed by atoms with E-state index >= 15 is 0 Å². The number of benzene rings is 1. The van der Waals surface area contributed by atoms with Crippen LogP contribution in [0.5, 0.6) is 0 Å². The van der Waals surface area contributed by atoms with E-state index in [1.165, 1.54) is 6.42 Å². The molecule has 1 aliphatic rings. The smallest absolute Gasteiger partial charge is 0.253 e. The van der Waals surface area contributed by atoms with Gasteiger partial charge in [-0.15, -0.1) is 0 Å². The zero-order valence-corrected chi connectivity index (χ0v) is 11.6.